The fraction of sp³-hybridized carbons (Fsp3) is 0.308. The standard InChI is InChI=1S/C26H25Cl2N3O6S2/c1-3-29-23(33)17-12-39-25-21(30-20(32)13-38-19-10-15(27)6-9-18(19)28)24(34)31(25)22(17)26(35)37-11-14-4-7-16(36-2)8-5-14/h4-10,21,25H,3,11-13H2,1-2H3,(H,29,33)(H,30,32)/t21?,25-/m0/s1. The molecule has 0 radical (unpaired) electrons. The minimum Gasteiger partial charge on any atom is -0.497 e. The summed E-state index contributed by atoms with van der Waals surface area (Å²) in [6.45, 7) is 2.05. The summed E-state index contributed by atoms with van der Waals surface area (Å²) in [6.07, 6.45) is 0. The Morgan fingerprint density at radius 2 is 1.90 bits per heavy atom. The van der Waals surface area contributed by atoms with E-state index in [1.165, 1.54) is 28.4 Å². The molecule has 2 N–H and O–H groups in total. The van der Waals surface area contributed by atoms with E-state index >= 15 is 0 Å². The van der Waals surface area contributed by atoms with Gasteiger partial charge in [0.1, 0.15) is 29.5 Å². The van der Waals surface area contributed by atoms with Gasteiger partial charge in [-0.25, -0.2) is 4.79 Å². The van der Waals surface area contributed by atoms with Crippen LogP contribution in [0.5, 0.6) is 5.75 Å². The second-order valence-electron chi connectivity index (χ2n) is 8.43. The van der Waals surface area contributed by atoms with Crippen molar-refractivity contribution >= 4 is 70.4 Å². The molecule has 0 spiro atoms. The quantitative estimate of drug-likeness (QED) is 0.238. The van der Waals surface area contributed by atoms with Crippen LogP contribution in [0, 0.1) is 0 Å². The Kier molecular flexibility index (Phi) is 9.71. The van der Waals surface area contributed by atoms with Gasteiger partial charge in [-0.15, -0.1) is 23.5 Å². The number of nitrogens with one attached hydrogen (secondary N) is 2. The number of carbonyl (C=O) groups is 4. The van der Waals surface area contributed by atoms with Crippen molar-refractivity contribution in [3.05, 3.63) is 69.3 Å². The predicted molar refractivity (Wildman–Crippen MR) is 151 cm³/mol. The SMILES string of the molecule is CCNC(=O)C1=C(C(=O)OCc2ccc(OC)cc2)N2C(=O)C(NC(=O)CSc3cc(Cl)ccc3Cl)[C@@H]2SC1. The second-order valence-corrected chi connectivity index (χ2v) is 11.4. The van der Waals surface area contributed by atoms with E-state index in [4.69, 9.17) is 32.7 Å². The number of nitrogens with zero attached hydrogens (tertiary/aromatic N) is 1. The summed E-state index contributed by atoms with van der Waals surface area (Å²) in [7, 11) is 1.55. The molecule has 2 atom stereocenters. The molecule has 4 rings (SSSR count). The maximum atomic E-state index is 13.2. The van der Waals surface area contributed by atoms with E-state index in [-0.39, 0.29) is 35.3 Å². The summed E-state index contributed by atoms with van der Waals surface area (Å²) in [5.41, 5.74) is 0.763. The summed E-state index contributed by atoms with van der Waals surface area (Å²) in [6, 6.07) is 11.1. The maximum absolute atomic E-state index is 13.2. The molecule has 1 unspecified atom stereocenters. The number of thioether (sulfide) groups is 2. The number of ether oxygens (including phenoxy) is 2. The number of fused-ring (bicyclic) bond motifs is 1. The smallest absolute Gasteiger partial charge is 0.355 e. The number of hydrogen-bond donors (Lipinski definition) is 2. The van der Waals surface area contributed by atoms with Crippen LogP contribution in [0.15, 0.2) is 58.6 Å². The van der Waals surface area contributed by atoms with E-state index in [0.717, 1.165) is 0 Å². The van der Waals surface area contributed by atoms with E-state index in [9.17, 15) is 19.2 Å². The molecule has 2 aromatic rings. The summed E-state index contributed by atoms with van der Waals surface area (Å²) in [5, 5.41) is 5.82. The number of benzene rings is 2. The lowest BCUT2D eigenvalue weighted by atomic mass is 10.0. The number of methoxy groups -OCH3 is 1. The molecule has 0 aromatic heterocycles. The van der Waals surface area contributed by atoms with Gasteiger partial charge in [0.05, 0.1) is 23.5 Å². The first kappa shape index (κ1) is 29.1. The molecule has 3 amide bonds. The van der Waals surface area contributed by atoms with E-state index in [1.54, 1.807) is 56.5 Å². The van der Waals surface area contributed by atoms with Gasteiger partial charge < -0.3 is 20.1 Å². The first-order chi connectivity index (χ1) is 18.7. The highest BCUT2D eigenvalue weighted by Crippen LogP contribution is 2.41. The molecule has 0 aliphatic carbocycles. The number of β-lactam (4-membered cyclic amide) rings is 1. The predicted octanol–water partition coefficient (Wildman–Crippen LogP) is 3.63. The second kappa shape index (κ2) is 13.0. The van der Waals surface area contributed by atoms with Crippen LogP contribution in [0.4, 0.5) is 0 Å². The number of hydrogen-bond acceptors (Lipinski definition) is 8. The van der Waals surface area contributed by atoms with Crippen molar-refractivity contribution in [2.24, 2.45) is 0 Å². The van der Waals surface area contributed by atoms with Crippen molar-refractivity contribution in [3.8, 4) is 5.75 Å². The zero-order valence-electron chi connectivity index (χ0n) is 21.0. The molecule has 2 aliphatic rings. The largest absolute Gasteiger partial charge is 0.497 e. The molecule has 2 aliphatic heterocycles. The highest BCUT2D eigenvalue weighted by molar-refractivity contribution is 8.00. The highest BCUT2D eigenvalue weighted by atomic mass is 35.5. The molecule has 39 heavy (non-hydrogen) atoms. The third-order valence-corrected chi connectivity index (χ3v) is 8.88. The Labute approximate surface area is 243 Å². The number of halogens is 2. The first-order valence-electron chi connectivity index (χ1n) is 11.9. The fourth-order valence-electron chi connectivity index (χ4n) is 3.93. The van der Waals surface area contributed by atoms with Gasteiger partial charge >= 0.3 is 5.97 Å². The molecule has 2 heterocycles. The van der Waals surface area contributed by atoms with Gasteiger partial charge in [-0.2, -0.15) is 0 Å². The van der Waals surface area contributed by atoms with Gasteiger partial charge in [-0.1, -0.05) is 35.3 Å². The molecular weight excluding hydrogens is 585 g/mol. The van der Waals surface area contributed by atoms with E-state index < -0.39 is 29.2 Å². The zero-order valence-corrected chi connectivity index (χ0v) is 24.1. The van der Waals surface area contributed by atoms with Gasteiger partial charge in [0.15, 0.2) is 0 Å². The van der Waals surface area contributed by atoms with Crippen LogP contribution in [0.3, 0.4) is 0 Å². The van der Waals surface area contributed by atoms with Gasteiger partial charge in [0.2, 0.25) is 11.8 Å². The lowest BCUT2D eigenvalue weighted by Crippen LogP contribution is -2.71. The van der Waals surface area contributed by atoms with Crippen molar-refractivity contribution in [1.29, 1.82) is 0 Å². The van der Waals surface area contributed by atoms with Gasteiger partial charge in [-0.05, 0) is 42.8 Å². The first-order valence-corrected chi connectivity index (χ1v) is 14.7. The van der Waals surface area contributed by atoms with E-state index in [1.807, 2.05) is 0 Å². The number of amides is 3. The normalized spacial score (nSPS) is 18.2. The third kappa shape index (κ3) is 6.66. The Balaban J connectivity index is 1.44. The van der Waals surface area contributed by atoms with Crippen molar-refractivity contribution in [2.75, 3.05) is 25.2 Å². The molecule has 13 heteroatoms. The fourth-order valence-corrected chi connectivity index (χ4v) is 6.58. The van der Waals surface area contributed by atoms with Crippen molar-refractivity contribution in [2.45, 2.75) is 29.8 Å². The average molecular weight is 611 g/mol. The molecule has 2 aromatic carbocycles. The minimum atomic E-state index is -0.849. The van der Waals surface area contributed by atoms with Crippen molar-refractivity contribution in [1.82, 2.24) is 15.5 Å². The molecule has 0 saturated carbocycles. The van der Waals surface area contributed by atoms with Crippen LogP contribution in [-0.2, 0) is 30.5 Å². The zero-order chi connectivity index (χ0) is 28.1. The lowest BCUT2D eigenvalue weighted by Gasteiger charge is -2.49. The summed E-state index contributed by atoms with van der Waals surface area (Å²) < 4.78 is 10.6. The lowest BCUT2D eigenvalue weighted by molar-refractivity contribution is -0.153. The molecule has 206 valence electrons. The Morgan fingerprint density at radius 3 is 2.59 bits per heavy atom. The summed E-state index contributed by atoms with van der Waals surface area (Å²) >= 11 is 14.7. The Hall–Kier alpha value is -2.86. The van der Waals surface area contributed by atoms with Crippen LogP contribution in [0.25, 0.3) is 0 Å². The van der Waals surface area contributed by atoms with Crippen molar-refractivity contribution < 1.29 is 28.7 Å². The van der Waals surface area contributed by atoms with Crippen LogP contribution < -0.4 is 15.4 Å². The maximum Gasteiger partial charge on any atom is 0.355 e. The van der Waals surface area contributed by atoms with Gasteiger partial charge in [-0.3, -0.25) is 19.3 Å². The van der Waals surface area contributed by atoms with Crippen LogP contribution in [0.2, 0.25) is 10.0 Å². The van der Waals surface area contributed by atoms with E-state index in [0.29, 0.717) is 32.8 Å². The number of likely N-dealkylation sites (N-methyl/N-ethyl adjacent to an activating group) is 1. The molecule has 0 bridgehead atoms. The van der Waals surface area contributed by atoms with E-state index in [2.05, 4.69) is 10.6 Å². The van der Waals surface area contributed by atoms with Gasteiger partial charge in [0, 0.05) is 22.2 Å². The Bertz CT molecular complexity index is 1320. The minimum absolute atomic E-state index is 0.0119. The molecular formula is C26H25Cl2N3O6S2. The van der Waals surface area contributed by atoms with Crippen LogP contribution in [-0.4, -0.2) is 65.2 Å². The number of esters is 1. The third-order valence-electron chi connectivity index (χ3n) is 5.87. The highest BCUT2D eigenvalue weighted by Gasteiger charge is 2.55. The summed E-state index contributed by atoms with van der Waals surface area (Å²) in [5.74, 6) is -1.27. The number of rotatable bonds is 10. The molecule has 1 saturated heterocycles. The summed E-state index contributed by atoms with van der Waals surface area (Å²) in [4.78, 5) is 53.6. The monoisotopic (exact) mass is 609 g/mol. The average Bonchev–Trinajstić information content (AvgIpc) is 2.94. The van der Waals surface area contributed by atoms with Crippen molar-refractivity contribution in [3.63, 3.8) is 0 Å². The molecule has 1 fully saturated rings. The van der Waals surface area contributed by atoms with Crippen LogP contribution in [0.1, 0.15) is 12.5 Å². The topological polar surface area (TPSA) is 114 Å². The van der Waals surface area contributed by atoms with Gasteiger partial charge in [0.25, 0.3) is 5.91 Å². The van der Waals surface area contributed by atoms with Crippen LogP contribution >= 0.6 is 46.7 Å². The Morgan fingerprint density at radius 1 is 1.15 bits per heavy atom. The molecule has 9 nitrogen and oxygen atoms in total. The number of carbonyl (C=O) groups excluding carboxylic acids is 4.